The number of halogens is 1. The Kier molecular flexibility index (Phi) is 5.95. The number of amides is 1. The molecule has 2 aromatic carbocycles. The van der Waals surface area contributed by atoms with Crippen LogP contribution >= 0.6 is 0 Å². The van der Waals surface area contributed by atoms with E-state index in [0.717, 1.165) is 18.6 Å². The van der Waals surface area contributed by atoms with E-state index >= 15 is 0 Å². The Balaban J connectivity index is 1.73. The molecule has 22 heavy (non-hydrogen) atoms. The lowest BCUT2D eigenvalue weighted by atomic mass is 10.1. The number of ether oxygens (including phenoxy) is 1. The molecule has 0 saturated carbocycles. The number of hydrogen-bond donors (Lipinski definition) is 1. The SMILES string of the molecule is CCCc1ccc(OCCNC(=O)c2cccc(F)c2)cc1. The number of hydrogen-bond acceptors (Lipinski definition) is 2. The number of rotatable bonds is 7. The quantitative estimate of drug-likeness (QED) is 0.794. The van der Waals surface area contributed by atoms with E-state index in [0.29, 0.717) is 18.7 Å². The Bertz CT molecular complexity index is 611. The molecule has 0 heterocycles. The molecule has 4 heteroatoms. The van der Waals surface area contributed by atoms with Crippen LogP contribution in [-0.4, -0.2) is 19.1 Å². The molecule has 0 saturated heterocycles. The van der Waals surface area contributed by atoms with Gasteiger partial charge in [-0.05, 0) is 42.3 Å². The normalized spacial score (nSPS) is 10.3. The maximum Gasteiger partial charge on any atom is 0.251 e. The third kappa shape index (κ3) is 4.88. The average molecular weight is 301 g/mol. The van der Waals surface area contributed by atoms with Gasteiger partial charge in [0.15, 0.2) is 0 Å². The van der Waals surface area contributed by atoms with Gasteiger partial charge in [0.2, 0.25) is 0 Å². The molecule has 1 amide bonds. The summed E-state index contributed by atoms with van der Waals surface area (Å²) in [5.41, 5.74) is 1.60. The second kappa shape index (κ2) is 8.17. The summed E-state index contributed by atoms with van der Waals surface area (Å²) < 4.78 is 18.6. The maximum absolute atomic E-state index is 13.0. The Labute approximate surface area is 130 Å². The lowest BCUT2D eigenvalue weighted by molar-refractivity contribution is 0.0946. The Morgan fingerprint density at radius 1 is 1.18 bits per heavy atom. The standard InChI is InChI=1S/C18H20FNO2/c1-2-4-14-7-9-17(10-8-14)22-12-11-20-18(21)15-5-3-6-16(19)13-15/h3,5-10,13H,2,4,11-12H2,1H3,(H,20,21). The van der Waals surface area contributed by atoms with Gasteiger partial charge in [0.05, 0.1) is 6.54 Å². The predicted octanol–water partition coefficient (Wildman–Crippen LogP) is 3.59. The van der Waals surface area contributed by atoms with Crippen molar-refractivity contribution in [2.45, 2.75) is 19.8 Å². The molecule has 116 valence electrons. The first kappa shape index (κ1) is 16.0. The van der Waals surface area contributed by atoms with E-state index in [1.807, 2.05) is 24.3 Å². The van der Waals surface area contributed by atoms with E-state index in [9.17, 15) is 9.18 Å². The molecule has 2 aromatic rings. The number of benzene rings is 2. The highest BCUT2D eigenvalue weighted by molar-refractivity contribution is 5.94. The Morgan fingerprint density at radius 2 is 1.95 bits per heavy atom. The minimum atomic E-state index is -0.420. The van der Waals surface area contributed by atoms with Crippen LogP contribution in [0, 0.1) is 5.82 Å². The van der Waals surface area contributed by atoms with Crippen LogP contribution in [0.15, 0.2) is 48.5 Å². The second-order valence-electron chi connectivity index (χ2n) is 5.01. The van der Waals surface area contributed by atoms with Crippen molar-refractivity contribution in [3.8, 4) is 5.75 Å². The fourth-order valence-corrected chi connectivity index (χ4v) is 2.11. The lowest BCUT2D eigenvalue weighted by Gasteiger charge is -2.08. The van der Waals surface area contributed by atoms with Crippen LogP contribution in [0.3, 0.4) is 0 Å². The summed E-state index contributed by atoms with van der Waals surface area (Å²) in [4.78, 5) is 11.8. The lowest BCUT2D eigenvalue weighted by Crippen LogP contribution is -2.28. The number of aryl methyl sites for hydroxylation is 1. The first-order chi connectivity index (χ1) is 10.7. The highest BCUT2D eigenvalue weighted by Gasteiger charge is 2.05. The van der Waals surface area contributed by atoms with E-state index in [-0.39, 0.29) is 5.91 Å². The minimum absolute atomic E-state index is 0.304. The van der Waals surface area contributed by atoms with Crippen LogP contribution in [0.25, 0.3) is 0 Å². The Morgan fingerprint density at radius 3 is 2.64 bits per heavy atom. The molecule has 2 rings (SSSR count). The molecule has 0 spiro atoms. The van der Waals surface area contributed by atoms with Crippen LogP contribution in [0.4, 0.5) is 4.39 Å². The van der Waals surface area contributed by atoms with E-state index < -0.39 is 5.82 Å². The van der Waals surface area contributed by atoms with Crippen molar-refractivity contribution < 1.29 is 13.9 Å². The van der Waals surface area contributed by atoms with Gasteiger partial charge in [-0.25, -0.2) is 4.39 Å². The summed E-state index contributed by atoms with van der Waals surface area (Å²) in [6, 6.07) is 13.6. The molecule has 0 fully saturated rings. The highest BCUT2D eigenvalue weighted by Crippen LogP contribution is 2.13. The van der Waals surface area contributed by atoms with Crippen LogP contribution < -0.4 is 10.1 Å². The summed E-state index contributed by atoms with van der Waals surface area (Å²) in [6.07, 6.45) is 2.18. The van der Waals surface area contributed by atoms with Gasteiger partial charge in [0.1, 0.15) is 18.2 Å². The highest BCUT2D eigenvalue weighted by atomic mass is 19.1. The number of carbonyl (C=O) groups excluding carboxylic acids is 1. The zero-order chi connectivity index (χ0) is 15.8. The van der Waals surface area contributed by atoms with Gasteiger partial charge in [-0.15, -0.1) is 0 Å². The van der Waals surface area contributed by atoms with Crippen molar-refractivity contribution in [2.24, 2.45) is 0 Å². The van der Waals surface area contributed by atoms with Gasteiger partial charge in [0.25, 0.3) is 5.91 Å². The van der Waals surface area contributed by atoms with Crippen molar-refractivity contribution in [2.75, 3.05) is 13.2 Å². The molecule has 0 aliphatic rings. The van der Waals surface area contributed by atoms with Crippen molar-refractivity contribution in [1.29, 1.82) is 0 Å². The van der Waals surface area contributed by atoms with Gasteiger partial charge in [-0.3, -0.25) is 4.79 Å². The second-order valence-corrected chi connectivity index (χ2v) is 5.01. The molecule has 1 N–H and O–H groups in total. The number of carbonyl (C=O) groups is 1. The third-order valence-corrected chi connectivity index (χ3v) is 3.21. The molecule has 0 unspecified atom stereocenters. The molecule has 3 nitrogen and oxygen atoms in total. The van der Waals surface area contributed by atoms with Gasteiger partial charge in [-0.1, -0.05) is 31.5 Å². The van der Waals surface area contributed by atoms with Crippen LogP contribution in [0.5, 0.6) is 5.75 Å². The average Bonchev–Trinajstić information content (AvgIpc) is 2.53. The zero-order valence-corrected chi connectivity index (χ0v) is 12.6. The van der Waals surface area contributed by atoms with Gasteiger partial charge in [-0.2, -0.15) is 0 Å². The molecule has 0 aliphatic carbocycles. The summed E-state index contributed by atoms with van der Waals surface area (Å²) in [5, 5.41) is 2.70. The summed E-state index contributed by atoms with van der Waals surface area (Å²) in [6.45, 7) is 2.88. The molecular weight excluding hydrogens is 281 g/mol. The van der Waals surface area contributed by atoms with E-state index in [4.69, 9.17) is 4.74 Å². The van der Waals surface area contributed by atoms with Crippen molar-refractivity contribution in [1.82, 2.24) is 5.32 Å². The predicted molar refractivity (Wildman–Crippen MR) is 84.7 cm³/mol. The smallest absolute Gasteiger partial charge is 0.251 e. The first-order valence-corrected chi connectivity index (χ1v) is 7.44. The number of nitrogens with one attached hydrogen (secondary N) is 1. The van der Waals surface area contributed by atoms with Crippen molar-refractivity contribution in [3.63, 3.8) is 0 Å². The summed E-state index contributed by atoms with van der Waals surface area (Å²) >= 11 is 0. The minimum Gasteiger partial charge on any atom is -0.492 e. The van der Waals surface area contributed by atoms with Gasteiger partial charge in [0, 0.05) is 5.56 Å². The largest absolute Gasteiger partial charge is 0.492 e. The first-order valence-electron chi connectivity index (χ1n) is 7.44. The third-order valence-electron chi connectivity index (χ3n) is 3.21. The zero-order valence-electron chi connectivity index (χ0n) is 12.6. The van der Waals surface area contributed by atoms with E-state index in [2.05, 4.69) is 12.2 Å². The van der Waals surface area contributed by atoms with Crippen molar-refractivity contribution in [3.05, 3.63) is 65.5 Å². The van der Waals surface area contributed by atoms with Gasteiger partial charge < -0.3 is 10.1 Å². The van der Waals surface area contributed by atoms with Gasteiger partial charge >= 0.3 is 0 Å². The topological polar surface area (TPSA) is 38.3 Å². The van der Waals surface area contributed by atoms with Crippen molar-refractivity contribution >= 4 is 5.91 Å². The van der Waals surface area contributed by atoms with Crippen LogP contribution in [0.2, 0.25) is 0 Å². The van der Waals surface area contributed by atoms with Crippen LogP contribution in [0.1, 0.15) is 29.3 Å². The summed E-state index contributed by atoms with van der Waals surface area (Å²) in [7, 11) is 0. The van der Waals surface area contributed by atoms with E-state index in [1.165, 1.54) is 23.8 Å². The molecule has 0 aromatic heterocycles. The van der Waals surface area contributed by atoms with E-state index in [1.54, 1.807) is 6.07 Å². The molecule has 0 bridgehead atoms. The fourth-order valence-electron chi connectivity index (χ4n) is 2.11. The molecule has 0 radical (unpaired) electrons. The monoisotopic (exact) mass is 301 g/mol. The molecular formula is C18H20FNO2. The fraction of sp³-hybridized carbons (Fsp3) is 0.278. The Hall–Kier alpha value is -2.36. The summed E-state index contributed by atoms with van der Waals surface area (Å²) in [5.74, 6) is 0.0531. The van der Waals surface area contributed by atoms with Crippen LogP contribution in [-0.2, 0) is 6.42 Å². The maximum atomic E-state index is 13.0. The molecule has 0 atom stereocenters. The molecule has 0 aliphatic heterocycles.